The molecule has 10 heteroatoms. The predicted octanol–water partition coefficient (Wildman–Crippen LogP) is 3.29. The summed E-state index contributed by atoms with van der Waals surface area (Å²) in [6, 6.07) is 6.95. The van der Waals surface area contributed by atoms with Gasteiger partial charge in [-0.05, 0) is 24.3 Å². The van der Waals surface area contributed by atoms with E-state index in [1.165, 1.54) is 23.2 Å². The lowest BCUT2D eigenvalue weighted by atomic mass is 10.1. The fraction of sp³-hybridized carbons (Fsp3) is 0.0500. The van der Waals surface area contributed by atoms with Crippen LogP contribution in [0.3, 0.4) is 0 Å². The minimum absolute atomic E-state index is 0.0445. The Morgan fingerprint density at radius 1 is 1.27 bits per heavy atom. The Balaban J connectivity index is 1.71. The molecule has 0 spiro atoms. The zero-order valence-corrected chi connectivity index (χ0v) is 16.1. The van der Waals surface area contributed by atoms with Gasteiger partial charge >= 0.3 is 6.03 Å². The highest BCUT2D eigenvalue weighted by Gasteiger charge is 2.46. The van der Waals surface area contributed by atoms with Crippen LogP contribution in [0.1, 0.15) is 9.67 Å². The van der Waals surface area contributed by atoms with Crippen LogP contribution in [0.5, 0.6) is 5.75 Å². The number of aromatic nitrogens is 1. The van der Waals surface area contributed by atoms with E-state index in [1.807, 2.05) is 0 Å². The van der Waals surface area contributed by atoms with Gasteiger partial charge in [0, 0.05) is 18.5 Å². The van der Waals surface area contributed by atoms with Crippen LogP contribution in [-0.2, 0) is 0 Å². The number of benzene rings is 1. The van der Waals surface area contributed by atoms with Gasteiger partial charge < -0.3 is 21.1 Å². The Labute approximate surface area is 173 Å². The molecular weight excluding hydrogens is 409 g/mol. The van der Waals surface area contributed by atoms with Crippen molar-refractivity contribution in [1.29, 1.82) is 0 Å². The van der Waals surface area contributed by atoms with E-state index in [0.29, 0.717) is 21.6 Å². The average molecular weight is 423 g/mol. The van der Waals surface area contributed by atoms with Gasteiger partial charge in [0.1, 0.15) is 9.71 Å². The molecule has 4 heterocycles. The van der Waals surface area contributed by atoms with E-state index in [9.17, 15) is 14.0 Å². The number of amides is 3. The number of carbonyl (C=O) groups is 2. The summed E-state index contributed by atoms with van der Waals surface area (Å²) in [5.41, 5.74) is 6.22. The molecule has 2 aliphatic heterocycles. The lowest BCUT2D eigenvalue weighted by molar-refractivity contribution is 0.0933. The number of rotatable bonds is 4. The molecule has 0 fully saturated rings. The van der Waals surface area contributed by atoms with E-state index in [2.05, 4.69) is 15.6 Å². The van der Waals surface area contributed by atoms with Crippen LogP contribution in [0.2, 0.25) is 0 Å². The Morgan fingerprint density at radius 2 is 2.10 bits per heavy atom. The second-order valence-corrected chi connectivity index (χ2v) is 7.54. The van der Waals surface area contributed by atoms with Crippen LogP contribution in [0.4, 0.5) is 20.6 Å². The predicted molar refractivity (Wildman–Crippen MR) is 111 cm³/mol. The Morgan fingerprint density at radius 3 is 2.83 bits per heavy atom. The number of nitrogens with zero attached hydrogens (tertiary/aromatic N) is 2. The van der Waals surface area contributed by atoms with Crippen LogP contribution < -0.4 is 26.0 Å². The maximum Gasteiger partial charge on any atom is 0.331 e. The number of pyridine rings is 1. The van der Waals surface area contributed by atoms with Gasteiger partial charge in [-0.2, -0.15) is 0 Å². The molecule has 1 unspecified atom stereocenters. The third-order valence-electron chi connectivity index (χ3n) is 4.72. The standard InChI is InChI=1S/C20H14FN5O3S/c21-11-5-1-2-6-13(11)29-20(8-3-4-9-24-20)26-12-7-10-23-18-14(12)15(25-19(26)28)16(30-18)17(22)27/h1-10,24H,(H2,22,27)(H,25,28). The second-order valence-electron chi connectivity index (χ2n) is 6.54. The molecule has 8 nitrogen and oxygen atoms in total. The highest BCUT2D eigenvalue weighted by molar-refractivity contribution is 7.21. The number of hydrogen-bond acceptors (Lipinski definition) is 6. The number of primary amides is 1. The average Bonchev–Trinajstić information content (AvgIpc) is 3.10. The van der Waals surface area contributed by atoms with Crippen LogP contribution in [0, 0.1) is 5.82 Å². The van der Waals surface area contributed by atoms with Gasteiger partial charge in [-0.15, -0.1) is 11.3 Å². The first-order chi connectivity index (χ1) is 14.5. The van der Waals surface area contributed by atoms with Crippen molar-refractivity contribution in [3.05, 3.63) is 71.7 Å². The van der Waals surface area contributed by atoms with E-state index in [4.69, 9.17) is 10.5 Å². The van der Waals surface area contributed by atoms with Crippen molar-refractivity contribution in [3.63, 3.8) is 0 Å². The van der Waals surface area contributed by atoms with E-state index in [1.54, 1.807) is 42.6 Å². The Hall–Kier alpha value is -3.92. The lowest BCUT2D eigenvalue weighted by Gasteiger charge is -2.43. The van der Waals surface area contributed by atoms with Crippen molar-refractivity contribution in [1.82, 2.24) is 10.3 Å². The molecule has 3 aromatic rings. The normalized spacial score (nSPS) is 19.5. The number of halogens is 1. The van der Waals surface area contributed by atoms with E-state index < -0.39 is 23.6 Å². The molecule has 0 radical (unpaired) electrons. The number of urea groups is 1. The van der Waals surface area contributed by atoms with Gasteiger partial charge in [-0.25, -0.2) is 19.1 Å². The second kappa shape index (κ2) is 6.56. The first-order valence-corrected chi connectivity index (χ1v) is 9.70. The Bertz CT molecular complexity index is 1270. The maximum absolute atomic E-state index is 14.4. The smallest absolute Gasteiger partial charge is 0.331 e. The molecule has 0 aliphatic carbocycles. The molecule has 5 rings (SSSR count). The zero-order chi connectivity index (χ0) is 20.9. The molecule has 0 saturated carbocycles. The number of nitrogens with two attached hydrogens (primary N) is 1. The molecule has 3 amide bonds. The van der Waals surface area contributed by atoms with Crippen LogP contribution >= 0.6 is 11.3 Å². The molecule has 150 valence electrons. The first-order valence-electron chi connectivity index (χ1n) is 8.88. The number of dihydropyridines is 1. The molecule has 0 bridgehead atoms. The summed E-state index contributed by atoms with van der Waals surface area (Å²) in [5.74, 6) is -2.85. The molecule has 4 N–H and O–H groups in total. The van der Waals surface area contributed by atoms with E-state index in [0.717, 1.165) is 11.3 Å². The molecule has 1 atom stereocenters. The fourth-order valence-electron chi connectivity index (χ4n) is 3.49. The van der Waals surface area contributed by atoms with Gasteiger partial charge in [0.15, 0.2) is 11.6 Å². The number of allylic oxidation sites excluding steroid dienone is 2. The lowest BCUT2D eigenvalue weighted by Crippen LogP contribution is -2.65. The van der Waals surface area contributed by atoms with Crippen molar-refractivity contribution in [2.24, 2.45) is 5.73 Å². The quantitative estimate of drug-likeness (QED) is 0.597. The number of hydrogen-bond donors (Lipinski definition) is 3. The van der Waals surface area contributed by atoms with E-state index >= 15 is 0 Å². The van der Waals surface area contributed by atoms with Gasteiger partial charge in [0.25, 0.3) is 11.8 Å². The van der Waals surface area contributed by atoms with Crippen molar-refractivity contribution in [2.75, 3.05) is 10.2 Å². The highest BCUT2D eigenvalue weighted by atomic mass is 32.1. The minimum atomic E-state index is -1.57. The minimum Gasteiger partial charge on any atom is -0.443 e. The summed E-state index contributed by atoms with van der Waals surface area (Å²) in [6.07, 6.45) is 8.10. The number of thiophene rings is 1. The van der Waals surface area contributed by atoms with E-state index in [-0.39, 0.29) is 10.6 Å². The summed E-state index contributed by atoms with van der Waals surface area (Å²) >= 11 is 1.09. The molecule has 30 heavy (non-hydrogen) atoms. The van der Waals surface area contributed by atoms with Crippen molar-refractivity contribution in [2.45, 2.75) is 5.85 Å². The summed E-state index contributed by atoms with van der Waals surface area (Å²) in [7, 11) is 0. The van der Waals surface area contributed by atoms with Gasteiger partial charge in [0.2, 0.25) is 0 Å². The molecule has 2 aromatic heterocycles. The number of para-hydroxylation sites is 1. The van der Waals surface area contributed by atoms with Crippen LogP contribution in [0.25, 0.3) is 10.2 Å². The van der Waals surface area contributed by atoms with Crippen molar-refractivity contribution in [3.8, 4) is 5.75 Å². The number of ether oxygens (including phenoxy) is 1. The van der Waals surface area contributed by atoms with Crippen molar-refractivity contribution >= 4 is 44.9 Å². The van der Waals surface area contributed by atoms with Crippen LogP contribution in [0.15, 0.2) is 61.0 Å². The highest BCUT2D eigenvalue weighted by Crippen LogP contribution is 2.45. The number of nitrogens with one attached hydrogen (secondary N) is 2. The summed E-state index contributed by atoms with van der Waals surface area (Å²) in [6.45, 7) is 0. The molecule has 1 aromatic carbocycles. The van der Waals surface area contributed by atoms with Gasteiger partial charge in [-0.3, -0.25) is 4.79 Å². The monoisotopic (exact) mass is 423 g/mol. The summed E-state index contributed by atoms with van der Waals surface area (Å²) < 4.78 is 20.4. The molecule has 0 saturated heterocycles. The molecular formula is C20H14FN5O3S. The summed E-state index contributed by atoms with van der Waals surface area (Å²) in [4.78, 5) is 31.4. The molecule has 2 aliphatic rings. The topological polar surface area (TPSA) is 110 Å². The largest absolute Gasteiger partial charge is 0.443 e. The third kappa shape index (κ3) is 2.61. The van der Waals surface area contributed by atoms with Crippen molar-refractivity contribution < 1.29 is 18.7 Å². The number of anilines is 2. The maximum atomic E-state index is 14.4. The fourth-order valence-corrected chi connectivity index (χ4v) is 4.46. The zero-order valence-electron chi connectivity index (χ0n) is 15.3. The van der Waals surface area contributed by atoms with Gasteiger partial charge in [-0.1, -0.05) is 18.2 Å². The third-order valence-corrected chi connectivity index (χ3v) is 5.84. The number of carbonyl (C=O) groups excluding carboxylic acids is 2. The first kappa shape index (κ1) is 18.1. The Kier molecular flexibility index (Phi) is 3.97. The SMILES string of the molecule is NC(=O)c1sc2nccc3c2c1NC(=O)N3C1(Oc2ccccc2F)C=CC=CN1. The van der Waals surface area contributed by atoms with Gasteiger partial charge in [0.05, 0.1) is 16.8 Å². The summed E-state index contributed by atoms with van der Waals surface area (Å²) in [5, 5.41) is 6.28. The van der Waals surface area contributed by atoms with Crippen LogP contribution in [-0.4, -0.2) is 22.8 Å².